The monoisotopic (exact) mass is 281 g/mol. The van der Waals surface area contributed by atoms with Crippen molar-refractivity contribution >= 4 is 11.6 Å². The molecule has 1 amide bonds. The molecule has 106 valence electrons. The van der Waals surface area contributed by atoms with Crippen LogP contribution in [0.25, 0.3) is 0 Å². The van der Waals surface area contributed by atoms with Crippen molar-refractivity contribution in [1.82, 2.24) is 4.98 Å². The number of aryl methyl sites for hydroxylation is 1. The average Bonchev–Trinajstić information content (AvgIpc) is 2.47. The van der Waals surface area contributed by atoms with Gasteiger partial charge in [-0.15, -0.1) is 0 Å². The first-order chi connectivity index (χ1) is 10.1. The zero-order valence-corrected chi connectivity index (χ0v) is 11.6. The second-order valence-corrected chi connectivity index (χ2v) is 4.45. The number of benzene rings is 1. The molecule has 0 atom stereocenters. The van der Waals surface area contributed by atoms with Crippen LogP contribution in [0.3, 0.4) is 0 Å². The van der Waals surface area contributed by atoms with E-state index in [2.05, 4.69) is 22.1 Å². The van der Waals surface area contributed by atoms with Gasteiger partial charge in [0.1, 0.15) is 0 Å². The predicted octanol–water partition coefficient (Wildman–Crippen LogP) is 1.25. The number of nitrogens with two attached hydrogens (primary N) is 1. The number of aromatic nitrogens is 1. The molecule has 0 aliphatic heterocycles. The van der Waals surface area contributed by atoms with Crippen LogP contribution in [0.5, 0.6) is 0 Å². The van der Waals surface area contributed by atoms with Crippen LogP contribution in [0.15, 0.2) is 41.3 Å². The maximum Gasteiger partial charge on any atom is 0.257 e. The Morgan fingerprint density at radius 1 is 1.33 bits per heavy atom. The normalized spacial score (nSPS) is 9.62. The minimum atomic E-state index is -0.312. The molecule has 1 heterocycles. The average molecular weight is 281 g/mol. The number of pyridine rings is 1. The van der Waals surface area contributed by atoms with E-state index in [0.29, 0.717) is 16.8 Å². The van der Waals surface area contributed by atoms with Crippen LogP contribution in [0.1, 0.15) is 21.5 Å². The molecule has 0 radical (unpaired) electrons. The minimum Gasteiger partial charge on any atom is -0.328 e. The zero-order valence-electron chi connectivity index (χ0n) is 11.6. The number of H-pyrrole nitrogens is 1. The van der Waals surface area contributed by atoms with Gasteiger partial charge in [-0.05, 0) is 30.7 Å². The lowest BCUT2D eigenvalue weighted by Crippen LogP contribution is -2.15. The third kappa shape index (κ3) is 3.81. The Labute approximate surface area is 122 Å². The minimum absolute atomic E-state index is 0.251. The molecule has 0 saturated heterocycles. The maximum atomic E-state index is 12.2. The predicted molar refractivity (Wildman–Crippen MR) is 82.1 cm³/mol. The fourth-order valence-electron chi connectivity index (χ4n) is 1.76. The molecule has 21 heavy (non-hydrogen) atoms. The van der Waals surface area contributed by atoms with Gasteiger partial charge in [0, 0.05) is 17.8 Å². The van der Waals surface area contributed by atoms with Crippen LogP contribution in [-0.4, -0.2) is 17.4 Å². The highest BCUT2D eigenvalue weighted by Gasteiger charge is 2.08. The number of hydrogen-bond donors (Lipinski definition) is 3. The van der Waals surface area contributed by atoms with E-state index in [-0.39, 0.29) is 18.0 Å². The number of nitrogens with one attached hydrogen (secondary N) is 2. The van der Waals surface area contributed by atoms with Crippen molar-refractivity contribution in [2.75, 3.05) is 11.9 Å². The standard InChI is InChI=1S/C16H15N3O2/c1-11-4-5-12(3-2-8-17)14(9-11)19-16(21)13-6-7-15(20)18-10-13/h4-7,9-10H,8,17H2,1H3,(H,18,20)(H,19,21). The molecular weight excluding hydrogens is 266 g/mol. The summed E-state index contributed by atoms with van der Waals surface area (Å²) in [5, 5.41) is 2.79. The zero-order chi connectivity index (χ0) is 15.2. The van der Waals surface area contributed by atoms with E-state index < -0.39 is 0 Å². The lowest BCUT2D eigenvalue weighted by Gasteiger charge is -2.08. The van der Waals surface area contributed by atoms with E-state index in [1.807, 2.05) is 25.1 Å². The summed E-state index contributed by atoms with van der Waals surface area (Å²) in [6.07, 6.45) is 1.37. The first kappa shape index (κ1) is 14.6. The van der Waals surface area contributed by atoms with E-state index >= 15 is 0 Å². The lowest BCUT2D eigenvalue weighted by atomic mass is 10.1. The Kier molecular flexibility index (Phi) is 4.54. The highest BCUT2D eigenvalue weighted by Crippen LogP contribution is 2.17. The van der Waals surface area contributed by atoms with Crippen molar-refractivity contribution in [1.29, 1.82) is 0 Å². The topological polar surface area (TPSA) is 88.0 Å². The van der Waals surface area contributed by atoms with Gasteiger partial charge < -0.3 is 16.0 Å². The third-order valence-electron chi connectivity index (χ3n) is 2.79. The molecule has 5 heteroatoms. The number of carbonyl (C=O) groups is 1. The summed E-state index contributed by atoms with van der Waals surface area (Å²) in [5.74, 6) is 5.37. The maximum absolute atomic E-state index is 12.2. The second kappa shape index (κ2) is 6.55. The third-order valence-corrected chi connectivity index (χ3v) is 2.79. The first-order valence-electron chi connectivity index (χ1n) is 6.40. The number of hydrogen-bond acceptors (Lipinski definition) is 3. The van der Waals surface area contributed by atoms with Gasteiger partial charge in [-0.3, -0.25) is 9.59 Å². The van der Waals surface area contributed by atoms with Gasteiger partial charge in [-0.25, -0.2) is 0 Å². The summed E-state index contributed by atoms with van der Waals surface area (Å²) in [4.78, 5) is 25.6. The van der Waals surface area contributed by atoms with Crippen molar-refractivity contribution < 1.29 is 4.79 Å². The quantitative estimate of drug-likeness (QED) is 0.724. The molecule has 0 saturated carbocycles. The molecule has 0 unspecified atom stereocenters. The van der Waals surface area contributed by atoms with Gasteiger partial charge in [0.25, 0.3) is 5.91 Å². The van der Waals surface area contributed by atoms with E-state index in [1.54, 1.807) is 0 Å². The number of anilines is 1. The van der Waals surface area contributed by atoms with Crippen LogP contribution in [0, 0.1) is 18.8 Å². The summed E-state index contributed by atoms with van der Waals surface area (Å²) in [5.41, 5.74) is 7.80. The Morgan fingerprint density at radius 2 is 2.14 bits per heavy atom. The van der Waals surface area contributed by atoms with Gasteiger partial charge >= 0.3 is 0 Å². The SMILES string of the molecule is Cc1ccc(C#CCN)c(NC(=O)c2ccc(=O)[nH]c2)c1. The molecule has 0 spiro atoms. The molecule has 4 N–H and O–H groups in total. The molecule has 1 aromatic carbocycles. The van der Waals surface area contributed by atoms with Gasteiger partial charge in [0.2, 0.25) is 5.56 Å². The highest BCUT2D eigenvalue weighted by atomic mass is 16.1. The van der Waals surface area contributed by atoms with E-state index in [9.17, 15) is 9.59 Å². The van der Waals surface area contributed by atoms with Crippen molar-refractivity contribution in [3.63, 3.8) is 0 Å². The van der Waals surface area contributed by atoms with Crippen molar-refractivity contribution in [2.24, 2.45) is 5.73 Å². The summed E-state index contributed by atoms with van der Waals surface area (Å²) in [7, 11) is 0. The fraction of sp³-hybridized carbons (Fsp3) is 0.125. The smallest absolute Gasteiger partial charge is 0.257 e. The van der Waals surface area contributed by atoms with Crippen LogP contribution < -0.4 is 16.6 Å². The van der Waals surface area contributed by atoms with Gasteiger partial charge in [-0.1, -0.05) is 17.9 Å². The molecule has 0 fully saturated rings. The van der Waals surface area contributed by atoms with Gasteiger partial charge in [-0.2, -0.15) is 0 Å². The van der Waals surface area contributed by atoms with Crippen molar-refractivity contribution in [3.8, 4) is 11.8 Å². The van der Waals surface area contributed by atoms with Crippen LogP contribution in [0.2, 0.25) is 0 Å². The first-order valence-corrected chi connectivity index (χ1v) is 6.40. The van der Waals surface area contributed by atoms with Gasteiger partial charge in [0.15, 0.2) is 0 Å². The fourth-order valence-corrected chi connectivity index (χ4v) is 1.76. The summed E-state index contributed by atoms with van der Waals surface area (Å²) in [6.45, 7) is 2.18. The number of amides is 1. The van der Waals surface area contributed by atoms with E-state index in [0.717, 1.165) is 5.56 Å². The number of aromatic amines is 1. The largest absolute Gasteiger partial charge is 0.328 e. The van der Waals surface area contributed by atoms with Crippen molar-refractivity contribution in [3.05, 3.63) is 63.6 Å². The summed E-state index contributed by atoms with van der Waals surface area (Å²) in [6, 6.07) is 8.36. The van der Waals surface area contributed by atoms with Crippen LogP contribution >= 0.6 is 0 Å². The number of carbonyl (C=O) groups excluding carboxylic acids is 1. The molecule has 0 aliphatic carbocycles. The van der Waals surface area contributed by atoms with E-state index in [4.69, 9.17) is 5.73 Å². The van der Waals surface area contributed by atoms with Crippen LogP contribution in [-0.2, 0) is 0 Å². The molecule has 5 nitrogen and oxygen atoms in total. The second-order valence-electron chi connectivity index (χ2n) is 4.45. The molecule has 0 aliphatic rings. The van der Waals surface area contributed by atoms with Crippen LogP contribution in [0.4, 0.5) is 5.69 Å². The molecule has 2 rings (SSSR count). The van der Waals surface area contributed by atoms with E-state index in [1.165, 1.54) is 18.3 Å². The summed E-state index contributed by atoms with van der Waals surface area (Å²) >= 11 is 0. The molecule has 2 aromatic rings. The Bertz CT molecular complexity index is 762. The molecule has 0 bridgehead atoms. The van der Waals surface area contributed by atoms with Gasteiger partial charge in [0.05, 0.1) is 17.8 Å². The van der Waals surface area contributed by atoms with Crippen molar-refractivity contribution in [2.45, 2.75) is 6.92 Å². The number of rotatable bonds is 2. The summed E-state index contributed by atoms with van der Waals surface area (Å²) < 4.78 is 0. The Morgan fingerprint density at radius 3 is 2.81 bits per heavy atom. The molecule has 1 aromatic heterocycles. The Balaban J connectivity index is 2.29. The highest BCUT2D eigenvalue weighted by molar-refractivity contribution is 6.04. The lowest BCUT2D eigenvalue weighted by molar-refractivity contribution is 0.102. The Hall–Kier alpha value is -2.84. The molecular formula is C16H15N3O2.